The Hall–Kier alpha value is -1.82. The summed E-state index contributed by atoms with van der Waals surface area (Å²) in [5, 5.41) is 10.8. The molecular weight excluding hydrogens is 288 g/mol. The minimum atomic E-state index is -4.75. The Kier molecular flexibility index (Phi) is 3.09. The molecule has 0 radical (unpaired) electrons. The van der Waals surface area contributed by atoms with E-state index >= 15 is 0 Å². The average Bonchev–Trinajstić information content (AvgIpc) is 2.87. The maximum Gasteiger partial charge on any atom is 0.419 e. The maximum absolute atomic E-state index is 13.7. The summed E-state index contributed by atoms with van der Waals surface area (Å²) in [7, 11) is 0. The van der Waals surface area contributed by atoms with Crippen LogP contribution in [0.4, 0.5) is 17.6 Å². The smallest absolute Gasteiger partial charge is 0.419 e. The molecule has 1 unspecified atom stereocenters. The Morgan fingerprint density at radius 1 is 1.19 bits per heavy atom. The van der Waals surface area contributed by atoms with E-state index < -0.39 is 23.2 Å². The Balaban J connectivity index is 2.08. The minimum Gasteiger partial charge on any atom is -0.469 e. The van der Waals surface area contributed by atoms with Crippen molar-refractivity contribution in [3.05, 3.63) is 58.8 Å². The second-order valence-electron chi connectivity index (χ2n) is 5.16. The van der Waals surface area contributed by atoms with Gasteiger partial charge in [0, 0.05) is 12.0 Å². The first kappa shape index (κ1) is 14.1. The van der Waals surface area contributed by atoms with Crippen LogP contribution in [0.25, 0.3) is 0 Å². The number of aliphatic hydroxyl groups is 1. The van der Waals surface area contributed by atoms with Crippen molar-refractivity contribution < 1.29 is 27.1 Å². The molecule has 1 N–H and O–H groups in total. The van der Waals surface area contributed by atoms with Crippen LogP contribution in [-0.4, -0.2) is 5.11 Å². The monoisotopic (exact) mass is 300 g/mol. The van der Waals surface area contributed by atoms with Gasteiger partial charge in [-0.15, -0.1) is 0 Å². The second-order valence-corrected chi connectivity index (χ2v) is 5.16. The zero-order valence-electron chi connectivity index (χ0n) is 10.9. The number of benzene rings is 1. The third-order valence-electron chi connectivity index (χ3n) is 3.89. The molecule has 1 aromatic heterocycles. The summed E-state index contributed by atoms with van der Waals surface area (Å²) < 4.78 is 56.7. The average molecular weight is 300 g/mol. The summed E-state index contributed by atoms with van der Waals surface area (Å²) in [4.78, 5) is 0. The predicted molar refractivity (Wildman–Crippen MR) is 66.0 cm³/mol. The van der Waals surface area contributed by atoms with Crippen LogP contribution in [0.2, 0.25) is 0 Å². The number of hydrogen-bond donors (Lipinski definition) is 1. The molecule has 0 saturated carbocycles. The fraction of sp³-hybridized carbons (Fsp3) is 0.333. The van der Waals surface area contributed by atoms with Crippen molar-refractivity contribution in [1.29, 1.82) is 0 Å². The van der Waals surface area contributed by atoms with E-state index in [9.17, 15) is 22.7 Å². The molecule has 1 aromatic carbocycles. The van der Waals surface area contributed by atoms with Crippen molar-refractivity contribution in [1.82, 2.24) is 0 Å². The van der Waals surface area contributed by atoms with Crippen LogP contribution in [-0.2, 0) is 18.2 Å². The molecule has 1 aliphatic carbocycles. The Bertz CT molecular complexity index is 675. The first-order valence-corrected chi connectivity index (χ1v) is 6.49. The van der Waals surface area contributed by atoms with Crippen LogP contribution in [0, 0.1) is 5.82 Å². The number of halogens is 4. The van der Waals surface area contributed by atoms with Crippen LogP contribution in [0.1, 0.15) is 35.3 Å². The molecule has 2 nitrogen and oxygen atoms in total. The van der Waals surface area contributed by atoms with Gasteiger partial charge in [0.15, 0.2) is 0 Å². The molecule has 0 fully saturated rings. The third-order valence-corrected chi connectivity index (χ3v) is 3.89. The molecule has 6 heteroatoms. The van der Waals surface area contributed by atoms with Gasteiger partial charge in [0.1, 0.15) is 17.2 Å². The van der Waals surface area contributed by atoms with Crippen LogP contribution in [0.3, 0.4) is 0 Å². The molecular formula is C15H12F4O2. The summed E-state index contributed by atoms with van der Waals surface area (Å²) in [6, 6.07) is 4.11. The van der Waals surface area contributed by atoms with E-state index in [1.54, 1.807) is 6.07 Å². The van der Waals surface area contributed by atoms with Crippen molar-refractivity contribution in [2.24, 2.45) is 0 Å². The first-order valence-electron chi connectivity index (χ1n) is 6.49. The van der Waals surface area contributed by atoms with Gasteiger partial charge in [0.05, 0.1) is 11.8 Å². The topological polar surface area (TPSA) is 33.4 Å². The lowest BCUT2D eigenvalue weighted by atomic mass is 9.78. The highest BCUT2D eigenvalue weighted by molar-refractivity contribution is 5.41. The van der Waals surface area contributed by atoms with E-state index in [-0.39, 0.29) is 5.56 Å². The summed E-state index contributed by atoms with van der Waals surface area (Å²) in [5.74, 6) is -0.798. The molecule has 0 saturated heterocycles. The van der Waals surface area contributed by atoms with Gasteiger partial charge in [0.2, 0.25) is 0 Å². The summed E-state index contributed by atoms with van der Waals surface area (Å²) in [5.41, 5.74) is -2.24. The number of rotatable bonds is 1. The molecule has 0 spiro atoms. The van der Waals surface area contributed by atoms with Gasteiger partial charge in [-0.25, -0.2) is 4.39 Å². The number of furan rings is 1. The van der Waals surface area contributed by atoms with Crippen LogP contribution in [0.15, 0.2) is 34.9 Å². The van der Waals surface area contributed by atoms with E-state index in [4.69, 9.17) is 4.42 Å². The van der Waals surface area contributed by atoms with Gasteiger partial charge in [-0.2, -0.15) is 13.2 Å². The molecule has 112 valence electrons. The van der Waals surface area contributed by atoms with Crippen molar-refractivity contribution in [2.45, 2.75) is 31.0 Å². The van der Waals surface area contributed by atoms with Crippen LogP contribution >= 0.6 is 0 Å². The molecule has 21 heavy (non-hydrogen) atoms. The van der Waals surface area contributed by atoms with Crippen LogP contribution < -0.4 is 0 Å². The van der Waals surface area contributed by atoms with Crippen molar-refractivity contribution >= 4 is 0 Å². The lowest BCUT2D eigenvalue weighted by Gasteiger charge is -2.32. The molecule has 0 amide bonds. The molecule has 1 heterocycles. The molecule has 0 aliphatic heterocycles. The Morgan fingerprint density at radius 2 is 1.95 bits per heavy atom. The summed E-state index contributed by atoms with van der Waals surface area (Å²) >= 11 is 0. The highest BCUT2D eigenvalue weighted by Gasteiger charge is 2.40. The molecule has 1 aliphatic rings. The summed E-state index contributed by atoms with van der Waals surface area (Å²) in [6.07, 6.45) is -1.77. The number of aryl methyl sites for hydroxylation is 1. The summed E-state index contributed by atoms with van der Waals surface area (Å²) in [6.45, 7) is 0. The van der Waals surface area contributed by atoms with Crippen molar-refractivity contribution in [3.8, 4) is 0 Å². The van der Waals surface area contributed by atoms with Crippen LogP contribution in [0.5, 0.6) is 0 Å². The zero-order valence-corrected chi connectivity index (χ0v) is 10.9. The van der Waals surface area contributed by atoms with E-state index in [0.717, 1.165) is 12.1 Å². The Morgan fingerprint density at radius 3 is 2.62 bits per heavy atom. The van der Waals surface area contributed by atoms with Crippen molar-refractivity contribution in [3.63, 3.8) is 0 Å². The zero-order chi connectivity index (χ0) is 15.3. The molecule has 3 rings (SSSR count). The fourth-order valence-electron chi connectivity index (χ4n) is 2.84. The first-order chi connectivity index (χ1) is 9.82. The van der Waals surface area contributed by atoms with Gasteiger partial charge in [-0.3, -0.25) is 0 Å². The normalized spacial score (nSPS) is 22.1. The standard InChI is InChI=1S/C15H12F4O2/c16-12-8-9(3-4-10(12)15(17,18)19)14(20)6-1-2-13-11(14)5-7-21-13/h3-5,7-8,20H,1-2,6H2. The highest BCUT2D eigenvalue weighted by atomic mass is 19.4. The largest absolute Gasteiger partial charge is 0.469 e. The molecule has 1 atom stereocenters. The van der Waals surface area contributed by atoms with Gasteiger partial charge in [-0.05, 0) is 36.6 Å². The van der Waals surface area contributed by atoms with E-state index in [1.807, 2.05) is 0 Å². The molecule has 2 aromatic rings. The lowest BCUT2D eigenvalue weighted by molar-refractivity contribution is -0.140. The quantitative estimate of drug-likeness (QED) is 0.807. The van der Waals surface area contributed by atoms with Gasteiger partial charge in [-0.1, -0.05) is 6.07 Å². The second kappa shape index (κ2) is 4.59. The number of hydrogen-bond acceptors (Lipinski definition) is 2. The predicted octanol–water partition coefficient (Wildman–Crippen LogP) is 4.01. The van der Waals surface area contributed by atoms with Gasteiger partial charge >= 0.3 is 6.18 Å². The number of fused-ring (bicyclic) bond motifs is 1. The highest BCUT2D eigenvalue weighted by Crippen LogP contribution is 2.42. The minimum absolute atomic E-state index is 0.107. The lowest BCUT2D eigenvalue weighted by Crippen LogP contribution is -2.31. The fourth-order valence-corrected chi connectivity index (χ4v) is 2.84. The number of alkyl halides is 3. The van der Waals surface area contributed by atoms with E-state index in [2.05, 4.69) is 0 Å². The maximum atomic E-state index is 13.7. The van der Waals surface area contributed by atoms with E-state index in [0.29, 0.717) is 36.7 Å². The van der Waals surface area contributed by atoms with Crippen molar-refractivity contribution in [2.75, 3.05) is 0 Å². The molecule has 0 bridgehead atoms. The van der Waals surface area contributed by atoms with E-state index in [1.165, 1.54) is 6.26 Å². The SMILES string of the molecule is OC1(c2ccc(C(F)(F)F)c(F)c2)CCCc2occc21. The van der Waals surface area contributed by atoms with Gasteiger partial charge < -0.3 is 9.52 Å². The third kappa shape index (κ3) is 2.23. The van der Waals surface area contributed by atoms with Gasteiger partial charge in [0.25, 0.3) is 0 Å². The Labute approximate surface area is 118 Å².